The van der Waals surface area contributed by atoms with Crippen molar-refractivity contribution in [1.29, 1.82) is 0 Å². The molecule has 0 N–H and O–H groups in total. The van der Waals surface area contributed by atoms with Gasteiger partial charge in [-0.15, -0.1) is 0 Å². The summed E-state index contributed by atoms with van der Waals surface area (Å²) in [6.07, 6.45) is 1.42. The molecule has 1 aromatic heterocycles. The molecule has 0 aliphatic carbocycles. The number of pyridine rings is 1. The van der Waals surface area contributed by atoms with Crippen LogP contribution in [0.4, 0.5) is 4.39 Å². The van der Waals surface area contributed by atoms with Crippen LogP contribution in [0.2, 0.25) is 0 Å². The van der Waals surface area contributed by atoms with E-state index in [1.165, 1.54) is 6.20 Å². The second kappa shape index (κ2) is 3.32. The molecule has 0 atom stereocenters. The van der Waals surface area contributed by atoms with Crippen molar-refractivity contribution in [2.45, 2.75) is 13.8 Å². The van der Waals surface area contributed by atoms with Gasteiger partial charge < -0.3 is 4.74 Å². The van der Waals surface area contributed by atoms with Gasteiger partial charge in [0, 0.05) is 6.20 Å². The minimum atomic E-state index is -0.535. The van der Waals surface area contributed by atoms with Crippen LogP contribution in [0, 0.1) is 12.9 Å². The Morgan fingerprint density at radius 2 is 2.36 bits per heavy atom. The fraction of sp³-hybridized carbons (Fsp3) is 0.375. The Hall–Kier alpha value is -1.12. The van der Waals surface area contributed by atoms with E-state index in [-0.39, 0.29) is 5.75 Å². The first-order chi connectivity index (χ1) is 5.25. The second-order valence-corrected chi connectivity index (χ2v) is 2.18. The molecule has 1 heterocycles. The number of ether oxygens (including phenoxy) is 1. The molecule has 3 heteroatoms. The highest BCUT2D eigenvalue weighted by Gasteiger charge is 2.05. The van der Waals surface area contributed by atoms with Crippen molar-refractivity contribution < 1.29 is 9.13 Å². The van der Waals surface area contributed by atoms with E-state index in [1.54, 1.807) is 13.0 Å². The van der Waals surface area contributed by atoms with Crippen LogP contribution in [0.3, 0.4) is 0 Å². The number of aromatic nitrogens is 1. The van der Waals surface area contributed by atoms with Crippen molar-refractivity contribution in [3.05, 3.63) is 23.8 Å². The fourth-order valence-corrected chi connectivity index (χ4v) is 0.829. The number of aryl methyl sites for hydroxylation is 1. The SMILES string of the molecule is CCOc1c(C)ccnc1F. The Kier molecular flexibility index (Phi) is 2.41. The largest absolute Gasteiger partial charge is 0.489 e. The first-order valence-corrected chi connectivity index (χ1v) is 3.49. The van der Waals surface area contributed by atoms with E-state index in [0.29, 0.717) is 6.61 Å². The lowest BCUT2D eigenvalue weighted by Gasteiger charge is -2.05. The van der Waals surface area contributed by atoms with E-state index < -0.39 is 5.95 Å². The van der Waals surface area contributed by atoms with E-state index in [4.69, 9.17) is 4.74 Å². The second-order valence-electron chi connectivity index (χ2n) is 2.18. The number of rotatable bonds is 2. The molecule has 2 nitrogen and oxygen atoms in total. The molecule has 0 spiro atoms. The van der Waals surface area contributed by atoms with Crippen LogP contribution in [0.15, 0.2) is 12.3 Å². The smallest absolute Gasteiger partial charge is 0.255 e. The number of halogens is 1. The van der Waals surface area contributed by atoms with Crippen molar-refractivity contribution >= 4 is 0 Å². The molecule has 1 rings (SSSR count). The Morgan fingerprint density at radius 1 is 1.64 bits per heavy atom. The van der Waals surface area contributed by atoms with Crippen LogP contribution in [0.25, 0.3) is 0 Å². The van der Waals surface area contributed by atoms with Gasteiger partial charge in [-0.25, -0.2) is 4.98 Å². The quantitative estimate of drug-likeness (QED) is 0.609. The Labute approximate surface area is 65.0 Å². The van der Waals surface area contributed by atoms with Crippen LogP contribution in [0.1, 0.15) is 12.5 Å². The summed E-state index contributed by atoms with van der Waals surface area (Å²) < 4.78 is 17.8. The first-order valence-electron chi connectivity index (χ1n) is 3.49. The summed E-state index contributed by atoms with van der Waals surface area (Å²) in [5.74, 6) is -0.276. The molecule has 11 heavy (non-hydrogen) atoms. The van der Waals surface area contributed by atoms with Crippen LogP contribution in [-0.4, -0.2) is 11.6 Å². The summed E-state index contributed by atoms with van der Waals surface area (Å²) in [4.78, 5) is 3.47. The van der Waals surface area contributed by atoms with Crippen molar-refractivity contribution in [3.63, 3.8) is 0 Å². The summed E-state index contributed by atoms with van der Waals surface area (Å²) in [6, 6.07) is 1.72. The maximum absolute atomic E-state index is 12.8. The third-order valence-corrected chi connectivity index (χ3v) is 1.35. The van der Waals surface area contributed by atoms with Gasteiger partial charge in [0.05, 0.1) is 6.61 Å². The van der Waals surface area contributed by atoms with Gasteiger partial charge in [-0.1, -0.05) is 0 Å². The third-order valence-electron chi connectivity index (χ3n) is 1.35. The molecule has 0 aromatic carbocycles. The van der Waals surface area contributed by atoms with Crippen molar-refractivity contribution in [1.82, 2.24) is 4.98 Å². The van der Waals surface area contributed by atoms with Gasteiger partial charge in [0.25, 0.3) is 5.95 Å². The van der Waals surface area contributed by atoms with E-state index in [1.807, 2.05) is 6.92 Å². The molecule has 0 radical (unpaired) electrons. The fourth-order valence-electron chi connectivity index (χ4n) is 0.829. The monoisotopic (exact) mass is 155 g/mol. The standard InChI is InChI=1S/C8H10FNO/c1-3-11-7-6(2)4-5-10-8(7)9/h4-5H,3H2,1-2H3. The molecule has 0 saturated heterocycles. The lowest BCUT2D eigenvalue weighted by atomic mass is 10.3. The van der Waals surface area contributed by atoms with Gasteiger partial charge in [-0.3, -0.25) is 0 Å². The summed E-state index contributed by atoms with van der Waals surface area (Å²) in [5.41, 5.74) is 0.777. The van der Waals surface area contributed by atoms with Crippen LogP contribution in [-0.2, 0) is 0 Å². The zero-order valence-electron chi connectivity index (χ0n) is 6.60. The predicted molar refractivity (Wildman–Crippen MR) is 40.1 cm³/mol. The summed E-state index contributed by atoms with van der Waals surface area (Å²) in [5, 5.41) is 0. The maximum atomic E-state index is 12.8. The lowest BCUT2D eigenvalue weighted by molar-refractivity contribution is 0.313. The van der Waals surface area contributed by atoms with E-state index in [9.17, 15) is 4.39 Å². The van der Waals surface area contributed by atoms with Crippen LogP contribution in [0.5, 0.6) is 5.75 Å². The van der Waals surface area contributed by atoms with E-state index >= 15 is 0 Å². The minimum Gasteiger partial charge on any atom is -0.489 e. The van der Waals surface area contributed by atoms with Crippen molar-refractivity contribution in [2.24, 2.45) is 0 Å². The van der Waals surface area contributed by atoms with Gasteiger partial charge >= 0.3 is 0 Å². The van der Waals surface area contributed by atoms with Gasteiger partial charge in [0.15, 0.2) is 5.75 Å². The molecule has 0 fully saturated rings. The molecule has 0 amide bonds. The van der Waals surface area contributed by atoms with Gasteiger partial charge in [0.1, 0.15) is 0 Å². The minimum absolute atomic E-state index is 0.259. The molecule has 1 aromatic rings. The van der Waals surface area contributed by atoms with Crippen molar-refractivity contribution in [3.8, 4) is 5.75 Å². The lowest BCUT2D eigenvalue weighted by Crippen LogP contribution is -1.98. The first kappa shape index (κ1) is 7.98. The Bertz CT molecular complexity index is 230. The topological polar surface area (TPSA) is 22.1 Å². The Morgan fingerprint density at radius 3 is 2.91 bits per heavy atom. The zero-order chi connectivity index (χ0) is 8.27. The Balaban J connectivity index is 3.00. The normalized spacial score (nSPS) is 9.73. The average Bonchev–Trinajstić information content (AvgIpc) is 1.97. The summed E-state index contributed by atoms with van der Waals surface area (Å²) >= 11 is 0. The molecule has 0 aliphatic rings. The summed E-state index contributed by atoms with van der Waals surface area (Å²) in [7, 11) is 0. The van der Waals surface area contributed by atoms with Gasteiger partial charge in [0.2, 0.25) is 0 Å². The number of hydrogen-bond acceptors (Lipinski definition) is 2. The molecular formula is C8H10FNO. The predicted octanol–water partition coefficient (Wildman–Crippen LogP) is 1.93. The zero-order valence-corrected chi connectivity index (χ0v) is 6.60. The van der Waals surface area contributed by atoms with Gasteiger partial charge in [-0.2, -0.15) is 4.39 Å². The highest BCUT2D eigenvalue weighted by Crippen LogP contribution is 2.18. The van der Waals surface area contributed by atoms with Crippen molar-refractivity contribution in [2.75, 3.05) is 6.61 Å². The van der Waals surface area contributed by atoms with E-state index in [2.05, 4.69) is 4.98 Å². The number of nitrogens with zero attached hydrogens (tertiary/aromatic N) is 1. The maximum Gasteiger partial charge on any atom is 0.255 e. The summed E-state index contributed by atoms with van der Waals surface area (Å²) in [6.45, 7) is 4.06. The molecular weight excluding hydrogens is 145 g/mol. The van der Waals surface area contributed by atoms with Crippen LogP contribution < -0.4 is 4.74 Å². The average molecular weight is 155 g/mol. The molecule has 0 aliphatic heterocycles. The number of hydrogen-bond donors (Lipinski definition) is 0. The molecule has 60 valence electrons. The molecule has 0 bridgehead atoms. The van der Waals surface area contributed by atoms with Gasteiger partial charge in [-0.05, 0) is 25.5 Å². The van der Waals surface area contributed by atoms with E-state index in [0.717, 1.165) is 5.56 Å². The van der Waals surface area contributed by atoms with Crippen LogP contribution >= 0.6 is 0 Å². The highest BCUT2D eigenvalue weighted by molar-refractivity contribution is 5.29. The highest BCUT2D eigenvalue weighted by atomic mass is 19.1. The molecule has 0 unspecified atom stereocenters. The third kappa shape index (κ3) is 1.67. The molecule has 0 saturated carbocycles.